The molecule has 138 valence electrons. The average molecular weight is 372 g/mol. The Bertz CT molecular complexity index is 1010. The Hall–Kier alpha value is -2.25. The lowest BCUT2D eigenvalue weighted by atomic mass is 10.1. The number of fused-ring (bicyclic) bond motifs is 3. The Morgan fingerprint density at radius 1 is 1.35 bits per heavy atom. The third-order valence-corrected chi connectivity index (χ3v) is 5.73. The fraction of sp³-hybridized carbons (Fsp3) is 0.421. The van der Waals surface area contributed by atoms with Crippen LogP contribution in [0.25, 0.3) is 20.2 Å². The van der Waals surface area contributed by atoms with E-state index < -0.39 is 6.04 Å². The van der Waals surface area contributed by atoms with Crippen LogP contribution in [-0.2, 0) is 4.79 Å². The van der Waals surface area contributed by atoms with Crippen LogP contribution < -0.4 is 10.9 Å². The van der Waals surface area contributed by atoms with E-state index in [4.69, 9.17) is 0 Å². The van der Waals surface area contributed by atoms with E-state index in [2.05, 4.69) is 10.4 Å². The molecule has 1 aromatic carbocycles. The Labute approximate surface area is 156 Å². The molecule has 0 spiro atoms. The summed E-state index contributed by atoms with van der Waals surface area (Å²) in [5.41, 5.74) is 0.581. The van der Waals surface area contributed by atoms with Crippen LogP contribution in [-0.4, -0.2) is 47.8 Å². The van der Waals surface area contributed by atoms with E-state index in [1.807, 2.05) is 57.1 Å². The van der Waals surface area contributed by atoms with Crippen LogP contribution in [0.15, 0.2) is 29.1 Å². The van der Waals surface area contributed by atoms with Gasteiger partial charge in [-0.2, -0.15) is 5.10 Å². The van der Waals surface area contributed by atoms with E-state index in [1.165, 1.54) is 4.68 Å². The van der Waals surface area contributed by atoms with Gasteiger partial charge in [-0.1, -0.05) is 25.1 Å². The van der Waals surface area contributed by atoms with Gasteiger partial charge in [0, 0.05) is 23.2 Å². The lowest BCUT2D eigenvalue weighted by Gasteiger charge is -2.18. The monoisotopic (exact) mass is 372 g/mol. The number of hydrogen-bond acceptors (Lipinski definition) is 5. The van der Waals surface area contributed by atoms with Crippen molar-refractivity contribution in [2.75, 3.05) is 27.2 Å². The Morgan fingerprint density at radius 3 is 2.77 bits per heavy atom. The van der Waals surface area contributed by atoms with E-state index >= 15 is 0 Å². The third-order valence-electron chi connectivity index (χ3n) is 4.45. The van der Waals surface area contributed by atoms with Crippen LogP contribution in [0.5, 0.6) is 0 Å². The van der Waals surface area contributed by atoms with Crippen molar-refractivity contribution in [2.24, 2.45) is 0 Å². The molecule has 6 nitrogen and oxygen atoms in total. The quantitative estimate of drug-likeness (QED) is 0.722. The molecule has 0 aliphatic heterocycles. The van der Waals surface area contributed by atoms with E-state index in [0.29, 0.717) is 18.4 Å². The van der Waals surface area contributed by atoms with E-state index in [9.17, 15) is 9.59 Å². The minimum absolute atomic E-state index is 0.165. The number of aromatic nitrogens is 2. The number of rotatable bonds is 6. The number of likely N-dealkylation sites (N-methyl/N-ethyl adjacent to an activating group) is 1. The Morgan fingerprint density at radius 2 is 2.08 bits per heavy atom. The molecule has 0 fully saturated rings. The number of hydrogen-bond donors (Lipinski definition) is 1. The van der Waals surface area contributed by atoms with Gasteiger partial charge in [0.25, 0.3) is 5.56 Å². The zero-order chi connectivity index (χ0) is 18.8. The molecule has 0 aliphatic rings. The highest BCUT2D eigenvalue weighted by Gasteiger charge is 2.23. The molecule has 2 heterocycles. The Kier molecular flexibility index (Phi) is 5.38. The first kappa shape index (κ1) is 18.5. The number of carbonyl (C=O) groups excluding carboxylic acids is 1. The fourth-order valence-electron chi connectivity index (χ4n) is 3.08. The van der Waals surface area contributed by atoms with Gasteiger partial charge >= 0.3 is 0 Å². The van der Waals surface area contributed by atoms with Crippen LogP contribution in [0.4, 0.5) is 0 Å². The third kappa shape index (κ3) is 3.37. The molecular formula is C19H24N4O2S. The number of aryl methyl sites for hydroxylation is 1. The van der Waals surface area contributed by atoms with Crippen LogP contribution >= 0.6 is 11.3 Å². The normalized spacial score (nSPS) is 12.8. The second kappa shape index (κ2) is 7.55. The smallest absolute Gasteiger partial charge is 0.276 e. The van der Waals surface area contributed by atoms with Crippen molar-refractivity contribution in [3.8, 4) is 0 Å². The number of nitrogens with zero attached hydrogens (tertiary/aromatic N) is 3. The fourth-order valence-corrected chi connectivity index (χ4v) is 4.22. The molecule has 0 saturated heterocycles. The van der Waals surface area contributed by atoms with Crippen molar-refractivity contribution in [1.82, 2.24) is 20.0 Å². The van der Waals surface area contributed by atoms with Gasteiger partial charge in [0.1, 0.15) is 6.04 Å². The molecule has 0 unspecified atom stereocenters. The van der Waals surface area contributed by atoms with Crippen LogP contribution in [0.3, 0.4) is 0 Å². The van der Waals surface area contributed by atoms with Gasteiger partial charge in [0.05, 0.1) is 15.8 Å². The number of benzene rings is 1. The summed E-state index contributed by atoms with van der Waals surface area (Å²) in [4.78, 5) is 27.8. The van der Waals surface area contributed by atoms with Crippen molar-refractivity contribution < 1.29 is 4.79 Å². The minimum Gasteiger partial charge on any atom is -0.353 e. The first-order valence-corrected chi connectivity index (χ1v) is 9.58. The highest BCUT2D eigenvalue weighted by Crippen LogP contribution is 2.33. The average Bonchev–Trinajstić information content (AvgIpc) is 3.00. The maximum Gasteiger partial charge on any atom is 0.276 e. The van der Waals surface area contributed by atoms with Gasteiger partial charge in [-0.25, -0.2) is 4.68 Å². The number of carbonyl (C=O) groups is 1. The highest BCUT2D eigenvalue weighted by molar-refractivity contribution is 7.26. The molecule has 1 amide bonds. The van der Waals surface area contributed by atoms with Gasteiger partial charge in [0.15, 0.2) is 0 Å². The highest BCUT2D eigenvalue weighted by atomic mass is 32.1. The standard InChI is InChI=1S/C19H24N4O2S/c1-5-14(18(24)20-10-11-22(3)4)23-19(25)16-13-8-6-7-9-15(13)26-17(16)12(2)21-23/h6-9,14H,5,10-11H2,1-4H3,(H,20,24)/t14-/m0/s1. The summed E-state index contributed by atoms with van der Waals surface area (Å²) in [6.07, 6.45) is 0.508. The maximum atomic E-state index is 13.2. The minimum atomic E-state index is -0.605. The molecule has 3 aromatic rings. The first-order chi connectivity index (χ1) is 12.4. The molecule has 0 bridgehead atoms. The Balaban J connectivity index is 2.06. The summed E-state index contributed by atoms with van der Waals surface area (Å²) in [6, 6.07) is 7.25. The van der Waals surface area contributed by atoms with E-state index in [1.54, 1.807) is 11.3 Å². The molecule has 2 aromatic heterocycles. The summed E-state index contributed by atoms with van der Waals surface area (Å²) in [5, 5.41) is 8.98. The molecular weight excluding hydrogens is 348 g/mol. The molecule has 3 rings (SSSR count). The molecule has 0 saturated carbocycles. The summed E-state index contributed by atoms with van der Waals surface area (Å²) in [7, 11) is 3.91. The van der Waals surface area contributed by atoms with Crippen LogP contribution in [0.1, 0.15) is 25.1 Å². The van der Waals surface area contributed by atoms with E-state index in [-0.39, 0.29) is 11.5 Å². The van der Waals surface area contributed by atoms with Crippen molar-refractivity contribution in [3.63, 3.8) is 0 Å². The molecule has 1 atom stereocenters. The van der Waals surface area contributed by atoms with Gasteiger partial charge < -0.3 is 10.2 Å². The molecule has 1 N–H and O–H groups in total. The van der Waals surface area contributed by atoms with Gasteiger partial charge in [-0.15, -0.1) is 11.3 Å². The lowest BCUT2D eigenvalue weighted by Crippen LogP contribution is -2.40. The van der Waals surface area contributed by atoms with E-state index in [0.717, 1.165) is 27.0 Å². The number of thiophene rings is 1. The van der Waals surface area contributed by atoms with Crippen molar-refractivity contribution >= 4 is 37.4 Å². The molecule has 0 radical (unpaired) electrons. The predicted molar refractivity (Wildman–Crippen MR) is 107 cm³/mol. The summed E-state index contributed by atoms with van der Waals surface area (Å²) >= 11 is 1.57. The molecule has 0 aliphatic carbocycles. The zero-order valence-electron chi connectivity index (χ0n) is 15.6. The first-order valence-electron chi connectivity index (χ1n) is 8.77. The lowest BCUT2D eigenvalue weighted by molar-refractivity contribution is -0.124. The second-order valence-corrected chi connectivity index (χ2v) is 7.71. The summed E-state index contributed by atoms with van der Waals surface area (Å²) in [6.45, 7) is 5.08. The number of amides is 1. The van der Waals surface area contributed by atoms with Crippen LogP contribution in [0, 0.1) is 6.92 Å². The predicted octanol–water partition coefficient (Wildman–Crippen LogP) is 2.55. The largest absolute Gasteiger partial charge is 0.353 e. The SMILES string of the molecule is CC[C@@H](C(=O)NCCN(C)C)n1nc(C)c2sc3ccccc3c2c1=O. The van der Waals surface area contributed by atoms with Gasteiger partial charge in [-0.05, 0) is 33.5 Å². The molecule has 26 heavy (non-hydrogen) atoms. The van der Waals surface area contributed by atoms with Crippen molar-refractivity contribution in [3.05, 3.63) is 40.3 Å². The topological polar surface area (TPSA) is 67.2 Å². The number of nitrogens with one attached hydrogen (secondary N) is 1. The zero-order valence-corrected chi connectivity index (χ0v) is 16.4. The second-order valence-electron chi connectivity index (χ2n) is 6.66. The van der Waals surface area contributed by atoms with Gasteiger partial charge in [0.2, 0.25) is 5.91 Å². The summed E-state index contributed by atoms with van der Waals surface area (Å²) < 4.78 is 3.32. The maximum absolute atomic E-state index is 13.2. The van der Waals surface area contributed by atoms with Crippen molar-refractivity contribution in [2.45, 2.75) is 26.3 Å². The van der Waals surface area contributed by atoms with Gasteiger partial charge in [-0.3, -0.25) is 9.59 Å². The van der Waals surface area contributed by atoms with Crippen molar-refractivity contribution in [1.29, 1.82) is 0 Å². The summed E-state index contributed by atoms with van der Waals surface area (Å²) in [5.74, 6) is -0.165. The molecule has 7 heteroatoms. The van der Waals surface area contributed by atoms with Crippen LogP contribution in [0.2, 0.25) is 0 Å².